The first kappa shape index (κ1) is 19.6. The van der Waals surface area contributed by atoms with Gasteiger partial charge in [0.2, 0.25) is 5.91 Å². The molecule has 6 nitrogen and oxygen atoms in total. The van der Waals surface area contributed by atoms with E-state index >= 15 is 0 Å². The van der Waals surface area contributed by atoms with E-state index in [-0.39, 0.29) is 5.91 Å². The van der Waals surface area contributed by atoms with Crippen LogP contribution in [0, 0.1) is 5.92 Å². The zero-order chi connectivity index (χ0) is 21.5. The van der Waals surface area contributed by atoms with Crippen molar-refractivity contribution in [2.75, 3.05) is 17.1 Å². The molecule has 7 heteroatoms. The van der Waals surface area contributed by atoms with Gasteiger partial charge in [0.25, 0.3) is 5.91 Å². The van der Waals surface area contributed by atoms with Crippen molar-refractivity contribution >= 4 is 34.8 Å². The van der Waals surface area contributed by atoms with E-state index in [2.05, 4.69) is 0 Å². The molecule has 3 atom stereocenters. The second-order valence-electron chi connectivity index (χ2n) is 7.39. The standard InChI is InChI=1S/C24H19ClN2O4/c1-30-19-10-6-5-9-18(19)21-20-22(31-27(21)17-7-3-2-4-8-17)24(29)26(23(20)28)16-13-11-15(25)12-14-16/h2-14,20-22H,1H3/t20-,21+,22-/m1/s1. The van der Waals surface area contributed by atoms with Gasteiger partial charge in [-0.25, -0.2) is 9.96 Å². The Labute approximate surface area is 184 Å². The molecule has 2 aliphatic heterocycles. The number of hydrogen-bond donors (Lipinski definition) is 0. The summed E-state index contributed by atoms with van der Waals surface area (Å²) >= 11 is 5.98. The summed E-state index contributed by atoms with van der Waals surface area (Å²) in [5.41, 5.74) is 2.01. The summed E-state index contributed by atoms with van der Waals surface area (Å²) in [5.74, 6) is -0.801. The third-order valence-corrected chi connectivity index (χ3v) is 5.92. The van der Waals surface area contributed by atoms with E-state index in [4.69, 9.17) is 21.2 Å². The zero-order valence-corrected chi connectivity index (χ0v) is 17.4. The molecule has 2 saturated heterocycles. The Morgan fingerprint density at radius 1 is 0.839 bits per heavy atom. The predicted octanol–water partition coefficient (Wildman–Crippen LogP) is 4.40. The monoisotopic (exact) mass is 434 g/mol. The van der Waals surface area contributed by atoms with Crippen molar-refractivity contribution in [1.82, 2.24) is 0 Å². The highest BCUT2D eigenvalue weighted by Crippen LogP contribution is 2.49. The Bertz CT molecular complexity index is 1140. The Hall–Kier alpha value is -3.35. The number of hydroxylamine groups is 1. The minimum atomic E-state index is -0.932. The SMILES string of the molecule is COc1ccccc1[C@H]1[C@H]2C(=O)N(c3ccc(Cl)cc3)C(=O)[C@@H]2ON1c1ccccc1. The van der Waals surface area contributed by atoms with Gasteiger partial charge in [-0.2, -0.15) is 0 Å². The minimum absolute atomic E-state index is 0.313. The molecular formula is C24H19ClN2O4. The molecule has 156 valence electrons. The van der Waals surface area contributed by atoms with Gasteiger partial charge in [-0.1, -0.05) is 48.0 Å². The number of carbonyl (C=O) groups excluding carboxylic acids is 2. The number of rotatable bonds is 4. The van der Waals surface area contributed by atoms with E-state index in [9.17, 15) is 9.59 Å². The summed E-state index contributed by atoms with van der Waals surface area (Å²) in [6.07, 6.45) is -0.932. The van der Waals surface area contributed by atoms with E-state index in [0.717, 1.165) is 11.3 Å². The maximum atomic E-state index is 13.6. The van der Waals surface area contributed by atoms with Crippen molar-refractivity contribution in [2.24, 2.45) is 5.92 Å². The number of ether oxygens (including phenoxy) is 1. The van der Waals surface area contributed by atoms with Crippen LogP contribution in [0.2, 0.25) is 5.02 Å². The molecule has 0 unspecified atom stereocenters. The van der Waals surface area contributed by atoms with Crippen LogP contribution in [0.3, 0.4) is 0 Å². The molecule has 0 N–H and O–H groups in total. The van der Waals surface area contributed by atoms with Crippen LogP contribution in [-0.4, -0.2) is 25.0 Å². The maximum absolute atomic E-state index is 13.6. The summed E-state index contributed by atoms with van der Waals surface area (Å²) in [6, 6.07) is 23.0. The fraction of sp³-hybridized carbons (Fsp3) is 0.167. The lowest BCUT2D eigenvalue weighted by Crippen LogP contribution is -2.37. The molecule has 0 aromatic heterocycles. The largest absolute Gasteiger partial charge is 0.496 e. The van der Waals surface area contributed by atoms with Gasteiger partial charge < -0.3 is 4.74 Å². The third-order valence-electron chi connectivity index (χ3n) is 5.67. The van der Waals surface area contributed by atoms with Crippen LogP contribution < -0.4 is 14.7 Å². The molecular weight excluding hydrogens is 416 g/mol. The Kier molecular flexibility index (Phi) is 4.88. The molecule has 2 aliphatic rings. The second-order valence-corrected chi connectivity index (χ2v) is 7.82. The number of imide groups is 1. The average Bonchev–Trinajstić information content (AvgIpc) is 3.31. The number of halogens is 1. The molecule has 2 heterocycles. The molecule has 3 aromatic rings. The molecule has 0 spiro atoms. The van der Waals surface area contributed by atoms with Gasteiger partial charge in [-0.3, -0.25) is 14.4 Å². The van der Waals surface area contributed by atoms with Crippen molar-refractivity contribution in [1.29, 1.82) is 0 Å². The highest BCUT2D eigenvalue weighted by molar-refractivity contribution is 6.31. The third kappa shape index (κ3) is 3.15. The van der Waals surface area contributed by atoms with Crippen LogP contribution in [-0.2, 0) is 14.4 Å². The summed E-state index contributed by atoms with van der Waals surface area (Å²) in [5, 5.41) is 2.18. The van der Waals surface area contributed by atoms with Crippen molar-refractivity contribution in [3.8, 4) is 5.75 Å². The normalized spacial score (nSPS) is 22.7. The Balaban J connectivity index is 1.61. The fourth-order valence-electron chi connectivity index (χ4n) is 4.28. The molecule has 3 aromatic carbocycles. The number of nitrogens with zero attached hydrogens (tertiary/aromatic N) is 2. The number of carbonyl (C=O) groups is 2. The summed E-state index contributed by atoms with van der Waals surface area (Å²) in [4.78, 5) is 34.2. The molecule has 2 amide bonds. The topological polar surface area (TPSA) is 59.1 Å². The second kappa shape index (κ2) is 7.72. The Morgan fingerprint density at radius 3 is 2.23 bits per heavy atom. The summed E-state index contributed by atoms with van der Waals surface area (Å²) < 4.78 is 5.57. The number of fused-ring (bicyclic) bond motifs is 1. The molecule has 0 bridgehead atoms. The maximum Gasteiger partial charge on any atom is 0.266 e. The van der Waals surface area contributed by atoms with E-state index in [1.165, 1.54) is 4.90 Å². The summed E-state index contributed by atoms with van der Waals surface area (Å²) in [7, 11) is 1.58. The number of hydrogen-bond acceptors (Lipinski definition) is 5. The lowest BCUT2D eigenvalue weighted by atomic mass is 9.90. The average molecular weight is 435 g/mol. The van der Waals surface area contributed by atoms with Crippen LogP contribution in [0.4, 0.5) is 11.4 Å². The lowest BCUT2D eigenvalue weighted by Gasteiger charge is -2.29. The number of amides is 2. The van der Waals surface area contributed by atoms with Crippen LogP contribution in [0.15, 0.2) is 78.9 Å². The van der Waals surface area contributed by atoms with E-state index < -0.39 is 24.0 Å². The number of benzene rings is 3. The highest BCUT2D eigenvalue weighted by Gasteiger charge is 2.60. The minimum Gasteiger partial charge on any atom is -0.496 e. The van der Waals surface area contributed by atoms with Crippen molar-refractivity contribution < 1.29 is 19.2 Å². The lowest BCUT2D eigenvalue weighted by molar-refractivity contribution is -0.126. The number of para-hydroxylation sites is 2. The first-order valence-corrected chi connectivity index (χ1v) is 10.3. The van der Waals surface area contributed by atoms with Gasteiger partial charge in [-0.05, 0) is 42.5 Å². The first-order valence-electron chi connectivity index (χ1n) is 9.87. The molecule has 31 heavy (non-hydrogen) atoms. The summed E-state index contributed by atoms with van der Waals surface area (Å²) in [6.45, 7) is 0. The van der Waals surface area contributed by atoms with Gasteiger partial charge in [0, 0.05) is 10.6 Å². The van der Waals surface area contributed by atoms with Crippen molar-refractivity contribution in [2.45, 2.75) is 12.1 Å². The van der Waals surface area contributed by atoms with Crippen molar-refractivity contribution in [3.63, 3.8) is 0 Å². The zero-order valence-electron chi connectivity index (χ0n) is 16.6. The van der Waals surface area contributed by atoms with Gasteiger partial charge >= 0.3 is 0 Å². The molecule has 0 radical (unpaired) electrons. The van der Waals surface area contributed by atoms with Gasteiger partial charge in [0.05, 0.1) is 24.5 Å². The highest BCUT2D eigenvalue weighted by atomic mass is 35.5. The van der Waals surface area contributed by atoms with Gasteiger partial charge in [0.1, 0.15) is 11.7 Å². The van der Waals surface area contributed by atoms with E-state index in [1.54, 1.807) is 36.4 Å². The van der Waals surface area contributed by atoms with Crippen LogP contribution >= 0.6 is 11.6 Å². The van der Waals surface area contributed by atoms with Gasteiger partial charge in [0.15, 0.2) is 6.10 Å². The van der Waals surface area contributed by atoms with Gasteiger partial charge in [-0.15, -0.1) is 0 Å². The van der Waals surface area contributed by atoms with Crippen LogP contribution in [0.5, 0.6) is 5.75 Å². The fourth-order valence-corrected chi connectivity index (χ4v) is 4.41. The van der Waals surface area contributed by atoms with E-state index in [1.807, 2.05) is 54.6 Å². The Morgan fingerprint density at radius 2 is 1.52 bits per heavy atom. The predicted molar refractivity (Wildman–Crippen MR) is 117 cm³/mol. The molecule has 2 fully saturated rings. The molecule has 0 saturated carbocycles. The number of anilines is 2. The van der Waals surface area contributed by atoms with Crippen molar-refractivity contribution in [3.05, 3.63) is 89.4 Å². The smallest absolute Gasteiger partial charge is 0.266 e. The van der Waals surface area contributed by atoms with Crippen LogP contribution in [0.25, 0.3) is 0 Å². The molecule has 5 rings (SSSR count). The number of methoxy groups -OCH3 is 1. The first-order chi connectivity index (χ1) is 15.1. The van der Waals surface area contributed by atoms with Crippen LogP contribution in [0.1, 0.15) is 11.6 Å². The van der Waals surface area contributed by atoms with E-state index in [0.29, 0.717) is 16.5 Å². The molecule has 0 aliphatic carbocycles. The quantitative estimate of drug-likeness (QED) is 0.570.